The van der Waals surface area contributed by atoms with Crippen LogP contribution in [0.2, 0.25) is 0 Å². The van der Waals surface area contributed by atoms with E-state index in [0.717, 1.165) is 17.2 Å². The van der Waals surface area contributed by atoms with Crippen LogP contribution in [0.25, 0.3) is 0 Å². The molecule has 3 nitrogen and oxygen atoms in total. The number of nitrogens with one attached hydrogen (secondary N) is 1. The summed E-state index contributed by atoms with van der Waals surface area (Å²) < 4.78 is 0. The van der Waals surface area contributed by atoms with Gasteiger partial charge in [0.25, 0.3) is 0 Å². The predicted molar refractivity (Wildman–Crippen MR) is 57.3 cm³/mol. The molecule has 0 aromatic carbocycles. The van der Waals surface area contributed by atoms with E-state index in [4.69, 9.17) is 0 Å². The summed E-state index contributed by atoms with van der Waals surface area (Å²) in [5.74, 6) is 0.555. The Balaban J connectivity index is 1.67. The number of aliphatic hydroxyl groups excluding tert-OH is 1. The van der Waals surface area contributed by atoms with E-state index in [9.17, 15) is 5.11 Å². The Hall–Kier alpha value is -0.450. The fraction of sp³-hybridized carbons (Fsp3) is 0.700. The molecule has 0 radical (unpaired) electrons. The molecule has 1 aromatic rings. The lowest BCUT2D eigenvalue weighted by Crippen LogP contribution is -2.27. The molecule has 0 spiro atoms. The summed E-state index contributed by atoms with van der Waals surface area (Å²) in [6.45, 7) is 3.47. The van der Waals surface area contributed by atoms with Gasteiger partial charge >= 0.3 is 0 Å². The lowest BCUT2D eigenvalue weighted by atomic mass is 10.2. The average molecular weight is 212 g/mol. The van der Waals surface area contributed by atoms with E-state index in [0.29, 0.717) is 12.5 Å². The quantitative estimate of drug-likeness (QED) is 0.773. The summed E-state index contributed by atoms with van der Waals surface area (Å²) in [5, 5.41) is 16.0. The first-order chi connectivity index (χ1) is 6.75. The van der Waals surface area contributed by atoms with Gasteiger partial charge in [-0.2, -0.15) is 0 Å². The van der Waals surface area contributed by atoms with Crippen LogP contribution in [0.3, 0.4) is 0 Å². The smallest absolute Gasteiger partial charge is 0.0897 e. The summed E-state index contributed by atoms with van der Waals surface area (Å²) >= 11 is 1.67. The highest BCUT2D eigenvalue weighted by molar-refractivity contribution is 7.09. The van der Waals surface area contributed by atoms with E-state index >= 15 is 0 Å². The Morgan fingerprint density at radius 3 is 3.07 bits per heavy atom. The number of rotatable bonds is 5. The van der Waals surface area contributed by atoms with Crippen LogP contribution in [0.15, 0.2) is 5.38 Å². The molecule has 14 heavy (non-hydrogen) atoms. The van der Waals surface area contributed by atoms with Crippen LogP contribution in [0.5, 0.6) is 0 Å². The highest BCUT2D eigenvalue weighted by Crippen LogP contribution is 2.32. The van der Waals surface area contributed by atoms with E-state index in [2.05, 4.69) is 15.7 Å². The van der Waals surface area contributed by atoms with Crippen LogP contribution in [0.1, 0.15) is 23.5 Å². The van der Waals surface area contributed by atoms with E-state index in [-0.39, 0.29) is 6.10 Å². The van der Waals surface area contributed by atoms with Gasteiger partial charge in [0.2, 0.25) is 0 Å². The topological polar surface area (TPSA) is 45.2 Å². The van der Waals surface area contributed by atoms with Crippen molar-refractivity contribution in [2.75, 3.05) is 6.54 Å². The zero-order valence-electron chi connectivity index (χ0n) is 8.36. The van der Waals surface area contributed by atoms with Crippen molar-refractivity contribution in [1.29, 1.82) is 0 Å². The molecule has 0 aliphatic heterocycles. The van der Waals surface area contributed by atoms with Crippen LogP contribution in [0, 0.1) is 12.8 Å². The van der Waals surface area contributed by atoms with Crippen LogP contribution in [0.4, 0.5) is 0 Å². The van der Waals surface area contributed by atoms with Crippen molar-refractivity contribution in [3.63, 3.8) is 0 Å². The molecule has 1 aromatic heterocycles. The van der Waals surface area contributed by atoms with Gasteiger partial charge in [-0.15, -0.1) is 11.3 Å². The lowest BCUT2D eigenvalue weighted by Gasteiger charge is -2.09. The van der Waals surface area contributed by atoms with Gasteiger partial charge in [0.1, 0.15) is 0 Å². The lowest BCUT2D eigenvalue weighted by molar-refractivity contribution is 0.148. The number of aryl methyl sites for hydroxylation is 1. The Kier molecular flexibility index (Phi) is 3.15. The maximum absolute atomic E-state index is 9.59. The first-order valence-corrected chi connectivity index (χ1v) is 5.93. The van der Waals surface area contributed by atoms with E-state index in [1.807, 2.05) is 6.92 Å². The monoisotopic (exact) mass is 212 g/mol. The molecule has 1 aliphatic carbocycles. The van der Waals surface area contributed by atoms with E-state index in [1.165, 1.54) is 12.8 Å². The van der Waals surface area contributed by atoms with Gasteiger partial charge in [0.05, 0.1) is 16.8 Å². The summed E-state index contributed by atoms with van der Waals surface area (Å²) in [6.07, 6.45) is 2.23. The number of nitrogens with zero attached hydrogens (tertiary/aromatic N) is 1. The molecule has 1 atom stereocenters. The standard InChI is InChI=1S/C10H16N2OS/c1-7-12-9(6-14-7)4-11-5-10(13)8-2-3-8/h6,8,10-11,13H,2-5H2,1H3. The van der Waals surface area contributed by atoms with Crippen molar-refractivity contribution in [3.8, 4) is 0 Å². The minimum Gasteiger partial charge on any atom is -0.392 e. The van der Waals surface area contributed by atoms with Crippen molar-refractivity contribution >= 4 is 11.3 Å². The second-order valence-corrected chi connectivity index (χ2v) is 4.96. The van der Waals surface area contributed by atoms with Gasteiger partial charge in [-0.1, -0.05) is 0 Å². The van der Waals surface area contributed by atoms with Gasteiger partial charge in [-0.25, -0.2) is 4.98 Å². The summed E-state index contributed by atoms with van der Waals surface area (Å²) in [5.41, 5.74) is 1.08. The fourth-order valence-corrected chi connectivity index (χ4v) is 2.10. The predicted octanol–water partition coefficient (Wildman–Crippen LogP) is 1.31. The molecule has 1 saturated carbocycles. The molecule has 1 unspecified atom stereocenters. The number of aliphatic hydroxyl groups is 1. The zero-order chi connectivity index (χ0) is 9.97. The molecular formula is C10H16N2OS. The number of thiazole rings is 1. The number of hydrogen-bond acceptors (Lipinski definition) is 4. The minimum atomic E-state index is -0.158. The number of hydrogen-bond donors (Lipinski definition) is 2. The summed E-state index contributed by atoms with van der Waals surface area (Å²) in [7, 11) is 0. The minimum absolute atomic E-state index is 0.158. The highest BCUT2D eigenvalue weighted by atomic mass is 32.1. The Morgan fingerprint density at radius 2 is 2.50 bits per heavy atom. The molecule has 0 bridgehead atoms. The number of aromatic nitrogens is 1. The Bertz CT molecular complexity index is 296. The normalized spacial score (nSPS) is 18.4. The van der Waals surface area contributed by atoms with Crippen molar-refractivity contribution in [2.24, 2.45) is 5.92 Å². The first kappa shape index (κ1) is 10.1. The Morgan fingerprint density at radius 1 is 1.71 bits per heavy atom. The third-order valence-corrected chi connectivity index (χ3v) is 3.31. The van der Waals surface area contributed by atoms with Crippen LogP contribution in [-0.2, 0) is 6.54 Å². The van der Waals surface area contributed by atoms with Crippen molar-refractivity contribution in [3.05, 3.63) is 16.1 Å². The van der Waals surface area contributed by atoms with Crippen LogP contribution >= 0.6 is 11.3 Å². The fourth-order valence-electron chi connectivity index (χ4n) is 1.49. The van der Waals surface area contributed by atoms with E-state index in [1.54, 1.807) is 11.3 Å². The second-order valence-electron chi connectivity index (χ2n) is 3.89. The van der Waals surface area contributed by atoms with Crippen molar-refractivity contribution < 1.29 is 5.11 Å². The Labute approximate surface area is 88.2 Å². The largest absolute Gasteiger partial charge is 0.392 e. The van der Waals surface area contributed by atoms with Crippen LogP contribution in [-0.4, -0.2) is 22.7 Å². The molecule has 0 saturated heterocycles. The van der Waals surface area contributed by atoms with Gasteiger partial charge in [0.15, 0.2) is 0 Å². The second kappa shape index (κ2) is 4.38. The molecule has 78 valence electrons. The van der Waals surface area contributed by atoms with Crippen LogP contribution < -0.4 is 5.32 Å². The molecule has 0 amide bonds. The van der Waals surface area contributed by atoms with Gasteiger partial charge < -0.3 is 10.4 Å². The molecule has 2 N–H and O–H groups in total. The van der Waals surface area contributed by atoms with Crippen molar-refractivity contribution in [1.82, 2.24) is 10.3 Å². The third kappa shape index (κ3) is 2.77. The molecule has 1 fully saturated rings. The molecule has 4 heteroatoms. The summed E-state index contributed by atoms with van der Waals surface area (Å²) in [6, 6.07) is 0. The maximum atomic E-state index is 9.59. The van der Waals surface area contributed by atoms with Gasteiger partial charge in [0, 0.05) is 18.5 Å². The molecule has 1 aliphatic rings. The first-order valence-electron chi connectivity index (χ1n) is 5.05. The average Bonchev–Trinajstić information content (AvgIpc) is 2.92. The molecule has 1 heterocycles. The van der Waals surface area contributed by atoms with Gasteiger partial charge in [-0.05, 0) is 25.7 Å². The highest BCUT2D eigenvalue weighted by Gasteiger charge is 2.29. The third-order valence-electron chi connectivity index (χ3n) is 2.49. The molecule has 2 rings (SSSR count). The summed E-state index contributed by atoms with van der Waals surface area (Å²) in [4.78, 5) is 4.34. The molecular weight excluding hydrogens is 196 g/mol. The maximum Gasteiger partial charge on any atom is 0.0897 e. The van der Waals surface area contributed by atoms with Gasteiger partial charge in [-0.3, -0.25) is 0 Å². The SMILES string of the molecule is Cc1nc(CNCC(O)C2CC2)cs1. The zero-order valence-corrected chi connectivity index (χ0v) is 9.18. The van der Waals surface area contributed by atoms with E-state index < -0.39 is 0 Å². The van der Waals surface area contributed by atoms with Crippen molar-refractivity contribution in [2.45, 2.75) is 32.4 Å².